The summed E-state index contributed by atoms with van der Waals surface area (Å²) in [6, 6.07) is 7.39. The molecule has 2 amide bonds. The number of nitrogens with zero attached hydrogens (tertiary/aromatic N) is 2. The second-order valence-corrected chi connectivity index (χ2v) is 7.22. The second-order valence-electron chi connectivity index (χ2n) is 7.22. The molecule has 0 radical (unpaired) electrons. The fraction of sp³-hybridized carbons (Fsp3) is 0.450. The molecule has 0 bridgehead atoms. The highest BCUT2D eigenvalue weighted by Gasteiger charge is 2.19. The van der Waals surface area contributed by atoms with Crippen LogP contribution >= 0.6 is 0 Å². The zero-order chi connectivity index (χ0) is 19.2. The molecule has 1 aliphatic rings. The van der Waals surface area contributed by atoms with Crippen molar-refractivity contribution in [2.24, 2.45) is 13.0 Å². The van der Waals surface area contributed by atoms with E-state index >= 15 is 0 Å². The fourth-order valence-electron chi connectivity index (χ4n) is 3.34. The second kappa shape index (κ2) is 8.81. The standard InChI is InChI=1S/C20H26N4O3/c1-14-5-3-8-18(9-14)27-13-15-6-4-7-16(10-15)22-19(25)20(26)23-17-11-21-24(2)12-17/h4,6-7,10-12,14,18H,3,5,8-9,13H2,1-2H3,(H,22,25)(H,23,26)/t14-,18-/m0/s1. The molecule has 2 atom stereocenters. The maximum absolute atomic E-state index is 12.1. The van der Waals surface area contributed by atoms with Crippen LogP contribution in [0.15, 0.2) is 36.7 Å². The average Bonchev–Trinajstić information content (AvgIpc) is 3.05. The van der Waals surface area contributed by atoms with E-state index in [9.17, 15) is 9.59 Å². The molecule has 0 saturated heterocycles. The zero-order valence-electron chi connectivity index (χ0n) is 15.8. The highest BCUT2D eigenvalue weighted by molar-refractivity contribution is 6.43. The van der Waals surface area contributed by atoms with Crippen molar-refractivity contribution in [3.05, 3.63) is 42.2 Å². The summed E-state index contributed by atoms with van der Waals surface area (Å²) >= 11 is 0. The van der Waals surface area contributed by atoms with E-state index in [0.29, 0.717) is 30.0 Å². The van der Waals surface area contributed by atoms with E-state index in [2.05, 4.69) is 22.7 Å². The van der Waals surface area contributed by atoms with Crippen LogP contribution in [0.1, 0.15) is 38.2 Å². The van der Waals surface area contributed by atoms with Crippen molar-refractivity contribution >= 4 is 23.2 Å². The summed E-state index contributed by atoms with van der Waals surface area (Å²) in [7, 11) is 1.73. The Hall–Kier alpha value is -2.67. The highest BCUT2D eigenvalue weighted by Crippen LogP contribution is 2.26. The first-order valence-electron chi connectivity index (χ1n) is 9.31. The smallest absolute Gasteiger partial charge is 0.314 e. The highest BCUT2D eigenvalue weighted by atomic mass is 16.5. The molecular formula is C20H26N4O3. The summed E-state index contributed by atoms with van der Waals surface area (Å²) < 4.78 is 7.57. The van der Waals surface area contributed by atoms with Gasteiger partial charge in [0.05, 0.1) is 24.6 Å². The Bertz CT molecular complexity index is 802. The fourth-order valence-corrected chi connectivity index (χ4v) is 3.34. The Morgan fingerprint density at radius 1 is 1.22 bits per heavy atom. The van der Waals surface area contributed by atoms with Gasteiger partial charge in [0.15, 0.2) is 0 Å². The first-order chi connectivity index (χ1) is 13.0. The number of anilines is 2. The van der Waals surface area contributed by atoms with Crippen molar-refractivity contribution in [2.75, 3.05) is 10.6 Å². The van der Waals surface area contributed by atoms with E-state index in [0.717, 1.165) is 18.4 Å². The van der Waals surface area contributed by atoms with E-state index < -0.39 is 11.8 Å². The van der Waals surface area contributed by atoms with Gasteiger partial charge in [-0.3, -0.25) is 14.3 Å². The SMILES string of the molecule is C[C@H]1CCC[C@H](OCc2cccc(NC(=O)C(=O)Nc3cnn(C)c3)c2)C1. The first-order valence-corrected chi connectivity index (χ1v) is 9.31. The molecule has 1 saturated carbocycles. The third-order valence-electron chi connectivity index (χ3n) is 4.73. The number of aromatic nitrogens is 2. The number of benzene rings is 1. The Balaban J connectivity index is 1.52. The molecule has 1 fully saturated rings. The lowest BCUT2D eigenvalue weighted by molar-refractivity contribution is -0.133. The van der Waals surface area contributed by atoms with Gasteiger partial charge in [-0.2, -0.15) is 5.10 Å². The predicted octanol–water partition coefficient (Wildman–Crippen LogP) is 3.09. The number of hydrogen-bond donors (Lipinski definition) is 2. The Labute approximate surface area is 159 Å². The minimum Gasteiger partial charge on any atom is -0.374 e. The maximum atomic E-state index is 12.1. The Kier molecular flexibility index (Phi) is 6.24. The predicted molar refractivity (Wildman–Crippen MR) is 103 cm³/mol. The molecule has 1 aromatic carbocycles. The summed E-state index contributed by atoms with van der Waals surface area (Å²) in [4.78, 5) is 24.1. The quantitative estimate of drug-likeness (QED) is 0.792. The molecule has 7 nitrogen and oxygen atoms in total. The molecule has 1 aromatic heterocycles. The van der Waals surface area contributed by atoms with Crippen molar-refractivity contribution in [2.45, 2.75) is 45.3 Å². The van der Waals surface area contributed by atoms with Crippen LogP contribution in [-0.2, 0) is 28.0 Å². The van der Waals surface area contributed by atoms with Gasteiger partial charge in [-0.1, -0.05) is 31.9 Å². The number of carbonyl (C=O) groups is 2. The average molecular weight is 370 g/mol. The summed E-state index contributed by atoms with van der Waals surface area (Å²) in [5.74, 6) is -0.744. The number of aryl methyl sites for hydroxylation is 1. The van der Waals surface area contributed by atoms with Crippen molar-refractivity contribution in [1.29, 1.82) is 0 Å². The van der Waals surface area contributed by atoms with Gasteiger partial charge in [0.2, 0.25) is 0 Å². The molecule has 0 spiro atoms. The van der Waals surface area contributed by atoms with E-state index in [1.807, 2.05) is 18.2 Å². The van der Waals surface area contributed by atoms with Gasteiger partial charge >= 0.3 is 11.8 Å². The number of amides is 2. The van der Waals surface area contributed by atoms with Gasteiger partial charge in [-0.15, -0.1) is 0 Å². The molecule has 1 aliphatic carbocycles. The number of carbonyl (C=O) groups excluding carboxylic acids is 2. The Morgan fingerprint density at radius 3 is 2.70 bits per heavy atom. The van der Waals surface area contributed by atoms with Crippen molar-refractivity contribution in [1.82, 2.24) is 9.78 Å². The summed E-state index contributed by atoms with van der Waals surface area (Å²) in [6.45, 7) is 2.77. The molecule has 0 aliphatic heterocycles. The van der Waals surface area contributed by atoms with Gasteiger partial charge in [-0.05, 0) is 36.5 Å². The van der Waals surface area contributed by atoms with E-state index in [1.54, 1.807) is 24.0 Å². The largest absolute Gasteiger partial charge is 0.374 e. The van der Waals surface area contributed by atoms with Gasteiger partial charge < -0.3 is 15.4 Å². The third kappa shape index (κ3) is 5.65. The number of hydrogen-bond acceptors (Lipinski definition) is 4. The maximum Gasteiger partial charge on any atom is 0.314 e. The summed E-state index contributed by atoms with van der Waals surface area (Å²) in [6.07, 6.45) is 8.11. The number of nitrogens with one attached hydrogen (secondary N) is 2. The van der Waals surface area contributed by atoms with Crippen molar-refractivity contribution < 1.29 is 14.3 Å². The molecular weight excluding hydrogens is 344 g/mol. The minimum absolute atomic E-state index is 0.303. The van der Waals surface area contributed by atoms with E-state index in [1.165, 1.54) is 19.0 Å². The monoisotopic (exact) mass is 370 g/mol. The molecule has 1 heterocycles. The lowest BCUT2D eigenvalue weighted by atomic mass is 9.89. The first kappa shape index (κ1) is 19.1. The van der Waals surface area contributed by atoms with Gasteiger partial charge in [0, 0.05) is 18.9 Å². The van der Waals surface area contributed by atoms with Crippen LogP contribution in [0.25, 0.3) is 0 Å². The molecule has 3 rings (SSSR count). The molecule has 2 N–H and O–H groups in total. The van der Waals surface area contributed by atoms with Crippen LogP contribution in [-0.4, -0.2) is 27.7 Å². The van der Waals surface area contributed by atoms with Crippen molar-refractivity contribution in [3.63, 3.8) is 0 Å². The summed E-state index contributed by atoms with van der Waals surface area (Å²) in [5, 5.41) is 9.08. The number of rotatable bonds is 5. The van der Waals surface area contributed by atoms with Crippen LogP contribution in [0.4, 0.5) is 11.4 Å². The Morgan fingerprint density at radius 2 is 2.00 bits per heavy atom. The van der Waals surface area contributed by atoms with Crippen LogP contribution in [0.5, 0.6) is 0 Å². The summed E-state index contributed by atoms with van der Waals surface area (Å²) in [5.41, 5.74) is 2.01. The van der Waals surface area contributed by atoms with Gasteiger partial charge in [0.25, 0.3) is 0 Å². The normalized spacial score (nSPS) is 19.5. The molecule has 7 heteroatoms. The van der Waals surface area contributed by atoms with Gasteiger partial charge in [0.1, 0.15) is 0 Å². The molecule has 144 valence electrons. The zero-order valence-corrected chi connectivity index (χ0v) is 15.8. The van der Waals surface area contributed by atoms with E-state index in [-0.39, 0.29) is 0 Å². The van der Waals surface area contributed by atoms with E-state index in [4.69, 9.17) is 4.74 Å². The molecule has 2 aromatic rings. The van der Waals surface area contributed by atoms with Crippen molar-refractivity contribution in [3.8, 4) is 0 Å². The minimum atomic E-state index is -0.735. The van der Waals surface area contributed by atoms with Gasteiger partial charge in [-0.25, -0.2) is 0 Å². The molecule has 0 unspecified atom stereocenters. The van der Waals surface area contributed by atoms with Crippen LogP contribution in [0.2, 0.25) is 0 Å². The molecule has 27 heavy (non-hydrogen) atoms. The van der Waals surface area contributed by atoms with Crippen LogP contribution in [0, 0.1) is 5.92 Å². The van der Waals surface area contributed by atoms with Crippen LogP contribution in [0.3, 0.4) is 0 Å². The van der Waals surface area contributed by atoms with Crippen LogP contribution < -0.4 is 10.6 Å². The lowest BCUT2D eigenvalue weighted by Gasteiger charge is -2.26. The topological polar surface area (TPSA) is 85.2 Å². The lowest BCUT2D eigenvalue weighted by Crippen LogP contribution is -2.29. The third-order valence-corrected chi connectivity index (χ3v) is 4.73. The number of ether oxygens (including phenoxy) is 1.